The van der Waals surface area contributed by atoms with Gasteiger partial charge in [0.15, 0.2) is 5.58 Å². The summed E-state index contributed by atoms with van der Waals surface area (Å²) in [6, 6.07) is 1.85. The van der Waals surface area contributed by atoms with Gasteiger partial charge in [0.05, 0.1) is 6.26 Å². The number of aromatic nitrogens is 1. The lowest BCUT2D eigenvalue weighted by molar-refractivity contribution is 0.604. The second-order valence-electron chi connectivity index (χ2n) is 3.82. The Balaban J connectivity index is 2.92. The van der Waals surface area contributed by atoms with Gasteiger partial charge < -0.3 is 8.98 Å². The minimum Gasteiger partial charge on any atom is -0.459 e. The number of fused-ring (bicyclic) bond motifs is 1. The first-order valence-corrected chi connectivity index (χ1v) is 4.68. The fraction of sp³-hybridized carbons (Fsp3) is 0.364. The minimum absolute atomic E-state index is 0.0746. The van der Waals surface area contributed by atoms with Crippen LogP contribution in [0.15, 0.2) is 27.7 Å². The molecule has 0 saturated carbocycles. The second kappa shape index (κ2) is 3.01. The van der Waals surface area contributed by atoms with Gasteiger partial charge in [-0.3, -0.25) is 4.79 Å². The lowest BCUT2D eigenvalue weighted by Crippen LogP contribution is -2.16. The average Bonchev–Trinajstić information content (AvgIpc) is 2.59. The minimum atomic E-state index is -0.0746. The summed E-state index contributed by atoms with van der Waals surface area (Å²) in [6.07, 6.45) is 3.45. The normalized spacial score (nSPS) is 11.4. The van der Waals surface area contributed by atoms with Crippen LogP contribution in [-0.4, -0.2) is 4.57 Å². The molecule has 0 aliphatic rings. The molecular weight excluding hydrogens is 178 g/mol. The van der Waals surface area contributed by atoms with Gasteiger partial charge in [-0.2, -0.15) is 0 Å². The Morgan fingerprint density at radius 1 is 1.43 bits per heavy atom. The molecule has 0 aromatic carbocycles. The molecule has 0 N–H and O–H groups in total. The predicted molar refractivity (Wildman–Crippen MR) is 55.5 cm³/mol. The van der Waals surface area contributed by atoms with E-state index in [1.54, 1.807) is 17.9 Å². The van der Waals surface area contributed by atoms with E-state index in [9.17, 15) is 4.79 Å². The molecule has 0 atom stereocenters. The van der Waals surface area contributed by atoms with Crippen LogP contribution >= 0.6 is 0 Å². The smallest absolute Gasteiger partial charge is 0.293 e. The SMILES string of the molecule is CC(C)c1cn(C)c(=O)c2occc12. The number of hydrogen-bond acceptors (Lipinski definition) is 2. The van der Waals surface area contributed by atoms with E-state index in [-0.39, 0.29) is 5.56 Å². The van der Waals surface area contributed by atoms with Crippen molar-refractivity contribution in [2.24, 2.45) is 7.05 Å². The number of furan rings is 1. The quantitative estimate of drug-likeness (QED) is 0.693. The van der Waals surface area contributed by atoms with E-state index in [1.807, 2.05) is 12.3 Å². The van der Waals surface area contributed by atoms with Crippen molar-refractivity contribution in [3.05, 3.63) is 34.4 Å². The molecule has 0 radical (unpaired) electrons. The summed E-state index contributed by atoms with van der Waals surface area (Å²) >= 11 is 0. The average molecular weight is 191 g/mol. The van der Waals surface area contributed by atoms with E-state index in [4.69, 9.17) is 4.42 Å². The molecule has 0 unspecified atom stereocenters. The zero-order valence-electron chi connectivity index (χ0n) is 8.57. The van der Waals surface area contributed by atoms with Crippen molar-refractivity contribution in [3.8, 4) is 0 Å². The number of nitrogens with zero attached hydrogens (tertiary/aromatic N) is 1. The van der Waals surface area contributed by atoms with E-state index in [1.165, 1.54) is 0 Å². The standard InChI is InChI=1S/C11H13NO2/c1-7(2)9-6-12(3)11(13)10-8(9)4-5-14-10/h4-7H,1-3H3. The summed E-state index contributed by atoms with van der Waals surface area (Å²) < 4.78 is 6.76. The van der Waals surface area contributed by atoms with Gasteiger partial charge in [-0.05, 0) is 17.5 Å². The third-order valence-corrected chi connectivity index (χ3v) is 2.45. The first kappa shape index (κ1) is 9.06. The summed E-state index contributed by atoms with van der Waals surface area (Å²) in [4.78, 5) is 11.6. The fourth-order valence-electron chi connectivity index (χ4n) is 1.66. The molecule has 3 nitrogen and oxygen atoms in total. The zero-order valence-corrected chi connectivity index (χ0v) is 8.57. The largest absolute Gasteiger partial charge is 0.459 e. The molecule has 3 heteroatoms. The molecule has 14 heavy (non-hydrogen) atoms. The van der Waals surface area contributed by atoms with E-state index in [0.717, 1.165) is 10.9 Å². The highest BCUT2D eigenvalue weighted by molar-refractivity contribution is 5.80. The molecule has 0 aliphatic carbocycles. The third kappa shape index (κ3) is 1.16. The fourth-order valence-corrected chi connectivity index (χ4v) is 1.66. The lowest BCUT2D eigenvalue weighted by atomic mass is 10.0. The van der Waals surface area contributed by atoms with Crippen LogP contribution in [0.3, 0.4) is 0 Å². The van der Waals surface area contributed by atoms with Crippen molar-refractivity contribution < 1.29 is 4.42 Å². The summed E-state index contributed by atoms with van der Waals surface area (Å²) in [5.41, 5.74) is 1.53. The molecule has 0 spiro atoms. The van der Waals surface area contributed by atoms with Crippen LogP contribution in [0.25, 0.3) is 11.0 Å². The highest BCUT2D eigenvalue weighted by atomic mass is 16.3. The maximum Gasteiger partial charge on any atom is 0.293 e. The van der Waals surface area contributed by atoms with Gasteiger partial charge in [0, 0.05) is 18.6 Å². The summed E-state index contributed by atoms with van der Waals surface area (Å²) in [6.45, 7) is 4.21. The Labute approximate surface area is 82.0 Å². The molecular formula is C11H13NO2. The molecule has 2 rings (SSSR count). The van der Waals surface area contributed by atoms with Gasteiger partial charge in [-0.1, -0.05) is 13.8 Å². The molecule has 0 bridgehead atoms. The number of pyridine rings is 1. The molecule has 0 fully saturated rings. The molecule has 0 saturated heterocycles. The van der Waals surface area contributed by atoms with E-state index >= 15 is 0 Å². The summed E-state index contributed by atoms with van der Waals surface area (Å²) in [5, 5.41) is 0.933. The first-order valence-electron chi connectivity index (χ1n) is 4.68. The first-order chi connectivity index (χ1) is 6.61. The summed E-state index contributed by atoms with van der Waals surface area (Å²) in [5.74, 6) is 0.391. The van der Waals surface area contributed by atoms with Crippen molar-refractivity contribution in [1.29, 1.82) is 0 Å². The molecule has 2 heterocycles. The maximum atomic E-state index is 11.6. The molecule has 2 aromatic rings. The Morgan fingerprint density at radius 2 is 2.14 bits per heavy atom. The van der Waals surface area contributed by atoms with Gasteiger partial charge in [-0.15, -0.1) is 0 Å². The monoisotopic (exact) mass is 191 g/mol. The van der Waals surface area contributed by atoms with E-state index in [2.05, 4.69) is 13.8 Å². The number of hydrogen-bond donors (Lipinski definition) is 0. The summed E-state index contributed by atoms with van der Waals surface area (Å²) in [7, 11) is 1.75. The van der Waals surface area contributed by atoms with Crippen molar-refractivity contribution >= 4 is 11.0 Å². The Kier molecular flexibility index (Phi) is 1.95. The van der Waals surface area contributed by atoms with Crippen LogP contribution in [0.1, 0.15) is 25.3 Å². The van der Waals surface area contributed by atoms with Crippen molar-refractivity contribution in [1.82, 2.24) is 4.57 Å². The van der Waals surface area contributed by atoms with Gasteiger partial charge in [-0.25, -0.2) is 0 Å². The van der Waals surface area contributed by atoms with Gasteiger partial charge in [0.25, 0.3) is 5.56 Å². The van der Waals surface area contributed by atoms with Crippen LogP contribution in [-0.2, 0) is 7.05 Å². The van der Waals surface area contributed by atoms with Crippen LogP contribution in [0.2, 0.25) is 0 Å². The Bertz CT molecular complexity index is 520. The van der Waals surface area contributed by atoms with Crippen molar-refractivity contribution in [3.63, 3.8) is 0 Å². The number of aryl methyl sites for hydroxylation is 1. The highest BCUT2D eigenvalue weighted by Gasteiger charge is 2.11. The van der Waals surface area contributed by atoms with Gasteiger partial charge in [0.1, 0.15) is 0 Å². The van der Waals surface area contributed by atoms with Gasteiger partial charge in [0.2, 0.25) is 0 Å². The zero-order chi connectivity index (χ0) is 10.3. The van der Waals surface area contributed by atoms with Crippen molar-refractivity contribution in [2.75, 3.05) is 0 Å². The predicted octanol–water partition coefficient (Wildman–Crippen LogP) is 2.25. The Morgan fingerprint density at radius 3 is 2.79 bits per heavy atom. The van der Waals surface area contributed by atoms with E-state index < -0.39 is 0 Å². The number of rotatable bonds is 1. The molecule has 74 valence electrons. The second-order valence-corrected chi connectivity index (χ2v) is 3.82. The van der Waals surface area contributed by atoms with Crippen LogP contribution < -0.4 is 5.56 Å². The maximum absolute atomic E-state index is 11.6. The molecule has 2 aromatic heterocycles. The van der Waals surface area contributed by atoms with E-state index in [0.29, 0.717) is 11.5 Å². The van der Waals surface area contributed by atoms with Crippen LogP contribution in [0.4, 0.5) is 0 Å². The van der Waals surface area contributed by atoms with Crippen LogP contribution in [0, 0.1) is 0 Å². The highest BCUT2D eigenvalue weighted by Crippen LogP contribution is 2.23. The lowest BCUT2D eigenvalue weighted by Gasteiger charge is -2.08. The topological polar surface area (TPSA) is 35.1 Å². The van der Waals surface area contributed by atoms with Crippen LogP contribution in [0.5, 0.6) is 0 Å². The van der Waals surface area contributed by atoms with Gasteiger partial charge >= 0.3 is 0 Å². The van der Waals surface area contributed by atoms with Crippen molar-refractivity contribution in [2.45, 2.75) is 19.8 Å². The Hall–Kier alpha value is -1.51. The third-order valence-electron chi connectivity index (χ3n) is 2.45. The molecule has 0 amide bonds. The molecule has 0 aliphatic heterocycles.